The third-order valence-electron chi connectivity index (χ3n) is 6.99. The molecular formula is C25H35O2+. The van der Waals surface area contributed by atoms with Crippen LogP contribution in [0.25, 0.3) is 6.08 Å². The van der Waals surface area contributed by atoms with Gasteiger partial charge in [-0.1, -0.05) is 50.0 Å². The average Bonchev–Trinajstić information content (AvgIpc) is 2.74. The van der Waals surface area contributed by atoms with E-state index in [1.807, 2.05) is 12.1 Å². The van der Waals surface area contributed by atoms with Gasteiger partial charge in [0.1, 0.15) is 24.2 Å². The second-order valence-electron chi connectivity index (χ2n) is 9.01. The highest BCUT2D eigenvalue weighted by atomic mass is 16.5. The van der Waals surface area contributed by atoms with Crippen LogP contribution in [0.2, 0.25) is 0 Å². The molecule has 27 heavy (non-hydrogen) atoms. The Kier molecular flexibility index (Phi) is 6.44. The van der Waals surface area contributed by atoms with Crippen LogP contribution in [0.3, 0.4) is 0 Å². The molecule has 0 aromatic heterocycles. The minimum atomic E-state index is 0.337. The van der Waals surface area contributed by atoms with Crippen molar-refractivity contribution in [2.24, 2.45) is 17.8 Å². The van der Waals surface area contributed by atoms with Gasteiger partial charge in [-0.25, -0.2) is 0 Å². The van der Waals surface area contributed by atoms with Crippen LogP contribution >= 0.6 is 0 Å². The molecule has 3 fully saturated rings. The lowest BCUT2D eigenvalue weighted by molar-refractivity contribution is -0.0604. The molecule has 1 aromatic carbocycles. The molecule has 4 rings (SSSR count). The summed E-state index contributed by atoms with van der Waals surface area (Å²) >= 11 is 0. The number of ether oxygens (including phenoxy) is 1. The molecule has 2 aliphatic carbocycles. The molecule has 2 heteroatoms. The molecule has 2 atom stereocenters. The van der Waals surface area contributed by atoms with Gasteiger partial charge in [0.2, 0.25) is 6.10 Å². The fraction of sp³-hybridized carbons (Fsp3) is 0.640. The van der Waals surface area contributed by atoms with E-state index in [1.165, 1.54) is 82.3 Å². The predicted molar refractivity (Wildman–Crippen MR) is 111 cm³/mol. The molecule has 0 bridgehead atoms. The Labute approximate surface area is 165 Å². The number of allylic oxidation sites excluding steroid dienone is 1. The van der Waals surface area contributed by atoms with Crippen LogP contribution in [0.5, 0.6) is 5.75 Å². The van der Waals surface area contributed by atoms with Crippen molar-refractivity contribution < 1.29 is 9.84 Å². The zero-order valence-corrected chi connectivity index (χ0v) is 16.6. The third-order valence-corrected chi connectivity index (χ3v) is 6.99. The first kappa shape index (κ1) is 18.9. The van der Waals surface area contributed by atoms with Crippen LogP contribution in [0.1, 0.15) is 82.6 Å². The molecule has 146 valence electrons. The van der Waals surface area contributed by atoms with Gasteiger partial charge in [-0.05, 0) is 68.6 Å². The highest BCUT2D eigenvalue weighted by molar-refractivity contribution is 5.50. The predicted octanol–water partition coefficient (Wildman–Crippen LogP) is 6.89. The third kappa shape index (κ3) is 5.10. The Morgan fingerprint density at radius 2 is 1.56 bits per heavy atom. The van der Waals surface area contributed by atoms with Crippen molar-refractivity contribution in [3.63, 3.8) is 0 Å². The molecule has 1 aromatic rings. The Morgan fingerprint density at radius 3 is 2.26 bits per heavy atom. The van der Waals surface area contributed by atoms with Crippen molar-refractivity contribution in [3.05, 3.63) is 42.0 Å². The molecule has 2 unspecified atom stereocenters. The SMILES string of the molecule is Oc1ccc(/C=C/C2C[C+](C3CCCCC3)OC(C3CCCCC3)C2)cc1. The molecule has 1 aliphatic heterocycles. The van der Waals surface area contributed by atoms with Gasteiger partial charge in [-0.3, -0.25) is 0 Å². The van der Waals surface area contributed by atoms with Crippen molar-refractivity contribution in [3.8, 4) is 5.75 Å². The summed E-state index contributed by atoms with van der Waals surface area (Å²) in [7, 11) is 0. The standard InChI is InChI=1S/C25H34O2/c26-23-15-13-19(14-16-23)11-12-20-17-24(21-7-3-1-4-8-21)27-25(18-20)22-9-5-2-6-10-22/h11-16,20-22,24H,1-10,17-18H2/p+1/b12-11+. The van der Waals surface area contributed by atoms with Crippen LogP contribution in [0, 0.1) is 23.9 Å². The Hall–Kier alpha value is -1.41. The number of hydrogen-bond donors (Lipinski definition) is 1. The van der Waals surface area contributed by atoms with E-state index >= 15 is 0 Å². The lowest BCUT2D eigenvalue weighted by atomic mass is 9.75. The molecular weight excluding hydrogens is 332 g/mol. The van der Waals surface area contributed by atoms with E-state index in [0.29, 0.717) is 23.7 Å². The van der Waals surface area contributed by atoms with E-state index < -0.39 is 0 Å². The molecule has 1 saturated heterocycles. The molecule has 0 spiro atoms. The van der Waals surface area contributed by atoms with Crippen LogP contribution in [0.4, 0.5) is 0 Å². The number of rotatable bonds is 4. The van der Waals surface area contributed by atoms with Crippen molar-refractivity contribution in [1.29, 1.82) is 0 Å². The van der Waals surface area contributed by atoms with Crippen molar-refractivity contribution in [2.75, 3.05) is 0 Å². The molecule has 1 heterocycles. The number of benzene rings is 1. The average molecular weight is 368 g/mol. The monoisotopic (exact) mass is 367 g/mol. The topological polar surface area (TPSA) is 29.5 Å². The maximum atomic E-state index is 9.49. The maximum absolute atomic E-state index is 9.49. The summed E-state index contributed by atoms with van der Waals surface area (Å²) in [5.74, 6) is 2.40. The lowest BCUT2D eigenvalue weighted by Gasteiger charge is -2.35. The molecule has 1 N–H and O–H groups in total. The first-order valence-electron chi connectivity index (χ1n) is 11.3. The zero-order valence-electron chi connectivity index (χ0n) is 16.6. The molecule has 0 amide bonds. The van der Waals surface area contributed by atoms with Gasteiger partial charge < -0.3 is 5.11 Å². The minimum absolute atomic E-state index is 0.337. The van der Waals surface area contributed by atoms with Gasteiger partial charge in [0.25, 0.3) is 0 Å². The number of aromatic hydroxyl groups is 1. The van der Waals surface area contributed by atoms with Crippen LogP contribution in [0.15, 0.2) is 30.3 Å². The zero-order chi connectivity index (χ0) is 18.5. The summed E-state index contributed by atoms with van der Waals surface area (Å²) in [6.45, 7) is 0. The number of phenols is 1. The van der Waals surface area contributed by atoms with E-state index in [-0.39, 0.29) is 0 Å². The van der Waals surface area contributed by atoms with Crippen molar-refractivity contribution in [2.45, 2.75) is 83.2 Å². The first-order valence-corrected chi connectivity index (χ1v) is 11.3. The number of hydrogen-bond acceptors (Lipinski definition) is 2. The van der Waals surface area contributed by atoms with Crippen molar-refractivity contribution >= 4 is 6.08 Å². The van der Waals surface area contributed by atoms with Gasteiger partial charge in [0, 0.05) is 5.92 Å². The maximum Gasteiger partial charge on any atom is 0.245 e. The fourth-order valence-electron chi connectivity index (χ4n) is 5.39. The Balaban J connectivity index is 1.45. The summed E-state index contributed by atoms with van der Waals surface area (Å²) in [6, 6.07) is 7.53. The van der Waals surface area contributed by atoms with Gasteiger partial charge in [-0.2, -0.15) is 4.74 Å². The largest absolute Gasteiger partial charge is 0.508 e. The quantitative estimate of drug-likeness (QED) is 0.587. The summed E-state index contributed by atoms with van der Waals surface area (Å²) in [5.41, 5.74) is 1.17. The lowest BCUT2D eigenvalue weighted by Crippen LogP contribution is -2.37. The highest BCUT2D eigenvalue weighted by Gasteiger charge is 2.46. The van der Waals surface area contributed by atoms with E-state index in [9.17, 15) is 5.11 Å². The molecule has 0 radical (unpaired) electrons. The second kappa shape index (κ2) is 9.19. The summed E-state index contributed by atoms with van der Waals surface area (Å²) in [5, 5.41) is 9.49. The fourth-order valence-corrected chi connectivity index (χ4v) is 5.39. The Morgan fingerprint density at radius 1 is 0.889 bits per heavy atom. The summed E-state index contributed by atoms with van der Waals surface area (Å²) in [4.78, 5) is 0. The molecule has 2 saturated carbocycles. The molecule has 2 nitrogen and oxygen atoms in total. The first-order chi connectivity index (χ1) is 13.3. The normalized spacial score (nSPS) is 28.7. The minimum Gasteiger partial charge on any atom is -0.508 e. The van der Waals surface area contributed by atoms with Crippen LogP contribution in [-0.2, 0) is 4.74 Å². The van der Waals surface area contributed by atoms with Crippen molar-refractivity contribution in [1.82, 2.24) is 0 Å². The second-order valence-corrected chi connectivity index (χ2v) is 9.01. The summed E-state index contributed by atoms with van der Waals surface area (Å²) < 4.78 is 6.71. The Bertz CT molecular complexity index is 567. The van der Waals surface area contributed by atoms with E-state index in [1.54, 1.807) is 12.1 Å². The van der Waals surface area contributed by atoms with E-state index in [2.05, 4.69) is 12.2 Å². The van der Waals surface area contributed by atoms with Crippen LogP contribution in [-0.4, -0.2) is 11.2 Å². The summed E-state index contributed by atoms with van der Waals surface area (Å²) in [6.07, 6.45) is 22.5. The van der Waals surface area contributed by atoms with E-state index in [0.717, 1.165) is 12.3 Å². The van der Waals surface area contributed by atoms with E-state index in [4.69, 9.17) is 4.74 Å². The van der Waals surface area contributed by atoms with Gasteiger partial charge in [0.05, 0.1) is 0 Å². The molecule has 3 aliphatic rings. The van der Waals surface area contributed by atoms with Gasteiger partial charge >= 0.3 is 0 Å². The smallest absolute Gasteiger partial charge is 0.245 e. The highest BCUT2D eigenvalue weighted by Crippen LogP contribution is 2.44. The van der Waals surface area contributed by atoms with Crippen LogP contribution < -0.4 is 0 Å². The van der Waals surface area contributed by atoms with Gasteiger partial charge in [-0.15, -0.1) is 0 Å². The number of phenolic OH excluding ortho intramolecular Hbond substituents is 1. The van der Waals surface area contributed by atoms with Gasteiger partial charge in [0.15, 0.2) is 0 Å².